The number of aliphatic hydroxyl groups excluding tert-OH is 2. The number of carbonyl (C=O) groups excluding carboxylic acids is 2. The van der Waals surface area contributed by atoms with Gasteiger partial charge in [-0.15, -0.1) is 0 Å². The van der Waals surface area contributed by atoms with Gasteiger partial charge in [-0.25, -0.2) is 9.59 Å². The van der Waals surface area contributed by atoms with E-state index in [-0.39, 0.29) is 11.1 Å². The molecule has 0 radical (unpaired) electrons. The Morgan fingerprint density at radius 3 is 2.17 bits per heavy atom. The van der Waals surface area contributed by atoms with Gasteiger partial charge in [0.05, 0.1) is 12.2 Å². The summed E-state index contributed by atoms with van der Waals surface area (Å²) in [5.74, 6) is -1.64. The molecule has 0 aliphatic heterocycles. The molecule has 23 heavy (non-hydrogen) atoms. The lowest BCUT2D eigenvalue weighted by Gasteiger charge is -2.15. The third kappa shape index (κ3) is 10.0. The topological polar surface area (TPSA) is 83.8 Å². The Morgan fingerprint density at radius 2 is 1.61 bits per heavy atom. The van der Waals surface area contributed by atoms with Gasteiger partial charge in [-0.2, -0.15) is 0 Å². The van der Waals surface area contributed by atoms with Crippen molar-refractivity contribution in [2.24, 2.45) is 0 Å². The number of hydrogen-bond acceptors (Lipinski definition) is 5. The predicted octanol–water partition coefficient (Wildman–Crippen LogP) is 3.05. The molecule has 5 nitrogen and oxygen atoms in total. The maximum atomic E-state index is 11.6. The zero-order valence-corrected chi connectivity index (χ0v) is 14.5. The Bertz CT molecular complexity index is 425. The molecule has 0 aliphatic rings. The van der Waals surface area contributed by atoms with E-state index >= 15 is 0 Å². The van der Waals surface area contributed by atoms with Crippen molar-refractivity contribution in [2.45, 2.75) is 77.9 Å². The van der Waals surface area contributed by atoms with Gasteiger partial charge in [-0.1, -0.05) is 52.0 Å². The predicted molar refractivity (Wildman–Crippen MR) is 89.7 cm³/mol. The normalized spacial score (nSPS) is 14.2. The number of esters is 2. The van der Waals surface area contributed by atoms with Crippen molar-refractivity contribution < 1.29 is 24.5 Å². The largest absolute Gasteiger partial charge is 0.390 e. The van der Waals surface area contributed by atoms with E-state index in [4.69, 9.17) is 0 Å². The van der Waals surface area contributed by atoms with Crippen LogP contribution in [0.2, 0.25) is 0 Å². The summed E-state index contributed by atoms with van der Waals surface area (Å²) in [6.45, 7) is 8.40. The van der Waals surface area contributed by atoms with Gasteiger partial charge in [0, 0.05) is 11.1 Å². The van der Waals surface area contributed by atoms with Gasteiger partial charge in [0.15, 0.2) is 0 Å². The van der Waals surface area contributed by atoms with E-state index in [0.717, 1.165) is 19.3 Å². The summed E-state index contributed by atoms with van der Waals surface area (Å²) in [6, 6.07) is 0. The first-order chi connectivity index (χ1) is 10.8. The summed E-state index contributed by atoms with van der Waals surface area (Å²) in [5.41, 5.74) is 0.198. The molecule has 0 bridgehead atoms. The zero-order chi connectivity index (χ0) is 17.8. The van der Waals surface area contributed by atoms with Crippen LogP contribution in [0.15, 0.2) is 23.8 Å². The molecular weight excluding hydrogens is 296 g/mol. The third-order valence-corrected chi connectivity index (χ3v) is 3.52. The molecule has 0 fully saturated rings. The number of aliphatic hydroxyl groups is 2. The monoisotopic (exact) mass is 326 g/mol. The molecular formula is C18H30O5. The third-order valence-electron chi connectivity index (χ3n) is 3.52. The molecule has 0 spiro atoms. The Balaban J connectivity index is 4.21. The highest BCUT2D eigenvalue weighted by molar-refractivity contribution is 6.01. The molecule has 2 atom stereocenters. The molecule has 132 valence electrons. The Morgan fingerprint density at radius 1 is 1.04 bits per heavy atom. The minimum absolute atomic E-state index is 0.0779. The number of carbonyl (C=O) groups is 2. The van der Waals surface area contributed by atoms with Crippen molar-refractivity contribution in [2.75, 3.05) is 0 Å². The van der Waals surface area contributed by atoms with Crippen LogP contribution in [-0.4, -0.2) is 34.4 Å². The molecule has 0 saturated heterocycles. The molecule has 2 N–H and O–H groups in total. The summed E-state index contributed by atoms with van der Waals surface area (Å²) in [4.78, 5) is 22.9. The minimum Gasteiger partial charge on any atom is -0.390 e. The van der Waals surface area contributed by atoms with E-state index in [0.29, 0.717) is 6.42 Å². The van der Waals surface area contributed by atoms with Crippen LogP contribution in [0.3, 0.4) is 0 Å². The van der Waals surface area contributed by atoms with Crippen LogP contribution in [0.1, 0.15) is 65.7 Å². The van der Waals surface area contributed by atoms with Crippen LogP contribution < -0.4 is 0 Å². The van der Waals surface area contributed by atoms with Gasteiger partial charge in [-0.05, 0) is 26.3 Å². The standard InChI is InChI=1S/C18H30O5/c1-5-6-7-8-9-10-11-15(19)16(20)12-14(4)18(22)23-17(21)13(2)3/h12,15-16,19-20H,2,5-11H2,1,3-4H3. The van der Waals surface area contributed by atoms with E-state index in [1.165, 1.54) is 39.2 Å². The zero-order valence-electron chi connectivity index (χ0n) is 14.5. The van der Waals surface area contributed by atoms with E-state index < -0.39 is 24.1 Å². The van der Waals surface area contributed by atoms with Crippen LogP contribution in [0.25, 0.3) is 0 Å². The molecule has 0 heterocycles. The van der Waals surface area contributed by atoms with Gasteiger partial charge in [0.1, 0.15) is 0 Å². The lowest BCUT2D eigenvalue weighted by molar-refractivity contribution is -0.154. The average Bonchev–Trinajstić information content (AvgIpc) is 2.49. The van der Waals surface area contributed by atoms with Gasteiger partial charge in [-0.3, -0.25) is 0 Å². The summed E-state index contributed by atoms with van der Waals surface area (Å²) >= 11 is 0. The second kappa shape index (κ2) is 12.0. The Labute approximate surface area is 139 Å². The first-order valence-electron chi connectivity index (χ1n) is 8.26. The lowest BCUT2D eigenvalue weighted by Crippen LogP contribution is -2.25. The van der Waals surface area contributed by atoms with Crippen molar-refractivity contribution in [1.29, 1.82) is 0 Å². The molecule has 0 aromatic carbocycles. The molecule has 0 aromatic heterocycles. The first-order valence-corrected chi connectivity index (χ1v) is 8.26. The highest BCUT2D eigenvalue weighted by atomic mass is 16.6. The fraction of sp³-hybridized carbons (Fsp3) is 0.667. The number of hydrogen-bond donors (Lipinski definition) is 2. The Hall–Kier alpha value is -1.46. The quantitative estimate of drug-likeness (QED) is 0.264. The first kappa shape index (κ1) is 21.5. The fourth-order valence-electron chi connectivity index (χ4n) is 1.99. The molecule has 0 aromatic rings. The van der Waals surface area contributed by atoms with E-state index in [2.05, 4.69) is 18.2 Å². The molecule has 2 unspecified atom stereocenters. The van der Waals surface area contributed by atoms with Crippen LogP contribution in [0.4, 0.5) is 0 Å². The highest BCUT2D eigenvalue weighted by Gasteiger charge is 2.18. The maximum Gasteiger partial charge on any atom is 0.341 e. The Kier molecular flexibility index (Phi) is 11.3. The van der Waals surface area contributed by atoms with E-state index in [9.17, 15) is 19.8 Å². The van der Waals surface area contributed by atoms with Crippen LogP contribution in [0.5, 0.6) is 0 Å². The lowest BCUT2D eigenvalue weighted by atomic mass is 10.0. The minimum atomic E-state index is -1.15. The maximum absolute atomic E-state index is 11.6. The van der Waals surface area contributed by atoms with Crippen LogP contribution in [-0.2, 0) is 14.3 Å². The van der Waals surface area contributed by atoms with Gasteiger partial charge < -0.3 is 14.9 Å². The van der Waals surface area contributed by atoms with Crippen LogP contribution in [0, 0.1) is 0 Å². The molecule has 0 aliphatic carbocycles. The molecule has 5 heteroatoms. The average molecular weight is 326 g/mol. The summed E-state index contributed by atoms with van der Waals surface area (Å²) in [6.07, 6.45) is 6.17. The molecule has 0 saturated carbocycles. The molecule has 0 rings (SSSR count). The molecule has 0 amide bonds. The van der Waals surface area contributed by atoms with Gasteiger partial charge in [0.2, 0.25) is 0 Å². The number of unbranched alkanes of at least 4 members (excludes halogenated alkanes) is 5. The summed E-state index contributed by atoms with van der Waals surface area (Å²) in [7, 11) is 0. The van der Waals surface area contributed by atoms with E-state index in [1.807, 2.05) is 0 Å². The SMILES string of the molecule is C=C(C)C(=O)OC(=O)C(C)=CC(O)C(O)CCCCCCCC. The smallest absolute Gasteiger partial charge is 0.341 e. The number of rotatable bonds is 11. The van der Waals surface area contributed by atoms with Crippen molar-refractivity contribution in [1.82, 2.24) is 0 Å². The highest BCUT2D eigenvalue weighted by Crippen LogP contribution is 2.12. The van der Waals surface area contributed by atoms with Gasteiger partial charge >= 0.3 is 11.9 Å². The van der Waals surface area contributed by atoms with Gasteiger partial charge in [0.25, 0.3) is 0 Å². The number of ether oxygens (including phenoxy) is 1. The van der Waals surface area contributed by atoms with Crippen molar-refractivity contribution in [3.63, 3.8) is 0 Å². The van der Waals surface area contributed by atoms with Crippen molar-refractivity contribution in [3.05, 3.63) is 23.8 Å². The second-order valence-corrected chi connectivity index (χ2v) is 5.92. The summed E-state index contributed by atoms with van der Waals surface area (Å²) in [5, 5.41) is 19.8. The van der Waals surface area contributed by atoms with E-state index in [1.54, 1.807) is 0 Å². The van der Waals surface area contributed by atoms with Crippen molar-refractivity contribution >= 4 is 11.9 Å². The van der Waals surface area contributed by atoms with Crippen LogP contribution >= 0.6 is 0 Å². The fourth-order valence-corrected chi connectivity index (χ4v) is 1.99. The second-order valence-electron chi connectivity index (χ2n) is 5.92. The summed E-state index contributed by atoms with van der Waals surface area (Å²) < 4.78 is 4.55. The van der Waals surface area contributed by atoms with Crippen molar-refractivity contribution in [3.8, 4) is 0 Å².